The number of amidine groups is 1. The predicted octanol–water partition coefficient (Wildman–Crippen LogP) is 3.08. The molecule has 0 aromatic heterocycles. The Morgan fingerprint density at radius 2 is 1.97 bits per heavy atom. The first kappa shape index (κ1) is 27.8. The monoisotopic (exact) mass is 503 g/mol. The van der Waals surface area contributed by atoms with Crippen LogP contribution in [0.4, 0.5) is 0 Å². The number of nitrogens with zero attached hydrogens (tertiary/aromatic N) is 4. The average Bonchev–Trinajstić information content (AvgIpc) is 3.41. The van der Waals surface area contributed by atoms with E-state index < -0.39 is 6.23 Å². The van der Waals surface area contributed by atoms with Gasteiger partial charge in [-0.2, -0.15) is 0 Å². The zero-order chi connectivity index (χ0) is 27.1. The number of carbonyl (C=O) groups excluding carboxylic acids is 1. The second kappa shape index (κ2) is 12.4. The van der Waals surface area contributed by atoms with Gasteiger partial charge in [0.05, 0.1) is 5.70 Å². The summed E-state index contributed by atoms with van der Waals surface area (Å²) in [6.07, 6.45) is 0.772. The van der Waals surface area contributed by atoms with Crippen LogP contribution in [0.2, 0.25) is 0 Å². The smallest absolute Gasteiger partial charge is 0.254 e. The summed E-state index contributed by atoms with van der Waals surface area (Å²) >= 11 is 0. The van der Waals surface area contributed by atoms with Gasteiger partial charge < -0.3 is 20.3 Å². The molecule has 0 spiro atoms. The summed E-state index contributed by atoms with van der Waals surface area (Å²) in [5.74, 6) is -0.249. The van der Waals surface area contributed by atoms with Crippen molar-refractivity contribution < 1.29 is 9.53 Å². The topological polar surface area (TPSA) is 133 Å². The van der Waals surface area contributed by atoms with E-state index in [2.05, 4.69) is 21.5 Å². The fourth-order valence-electron chi connectivity index (χ4n) is 4.22. The number of aliphatic imine (C=N–C) groups is 2. The zero-order valence-corrected chi connectivity index (χ0v) is 22.1. The van der Waals surface area contributed by atoms with Crippen LogP contribution >= 0.6 is 0 Å². The van der Waals surface area contributed by atoms with E-state index in [9.17, 15) is 4.79 Å². The van der Waals surface area contributed by atoms with Gasteiger partial charge in [-0.3, -0.25) is 20.9 Å². The van der Waals surface area contributed by atoms with Crippen molar-refractivity contribution in [1.82, 2.24) is 9.80 Å². The lowest BCUT2D eigenvalue weighted by atomic mass is 9.99. The van der Waals surface area contributed by atoms with E-state index in [4.69, 9.17) is 21.6 Å². The van der Waals surface area contributed by atoms with Gasteiger partial charge in [0.15, 0.2) is 11.9 Å². The molecule has 1 aliphatic heterocycles. The van der Waals surface area contributed by atoms with Gasteiger partial charge in [0.1, 0.15) is 5.84 Å². The van der Waals surface area contributed by atoms with Crippen molar-refractivity contribution in [2.24, 2.45) is 21.5 Å². The molecule has 2 atom stereocenters. The van der Waals surface area contributed by atoms with E-state index >= 15 is 0 Å². The van der Waals surface area contributed by atoms with E-state index in [0.717, 1.165) is 25.1 Å². The third-order valence-electron chi connectivity index (χ3n) is 6.55. The fraction of sp³-hybridized carbons (Fsp3) is 0.357. The minimum Gasteiger partial charge on any atom is -0.453 e. The molecule has 37 heavy (non-hydrogen) atoms. The molecule has 3 rings (SSSR count). The van der Waals surface area contributed by atoms with E-state index in [1.807, 2.05) is 74.4 Å². The number of nitrogens with two attached hydrogens (primary N) is 2. The Hall–Kier alpha value is -3.82. The van der Waals surface area contributed by atoms with Gasteiger partial charge in [-0.15, -0.1) is 0 Å². The Kier molecular flexibility index (Phi) is 9.32. The number of ether oxygens (including phenoxy) is 1. The summed E-state index contributed by atoms with van der Waals surface area (Å²) in [6, 6.07) is 15.1. The molecule has 1 saturated heterocycles. The Balaban J connectivity index is 1.82. The number of amides is 1. The van der Waals surface area contributed by atoms with E-state index in [1.165, 1.54) is 7.05 Å². The molecule has 1 heterocycles. The highest BCUT2D eigenvalue weighted by atomic mass is 16.5. The first-order valence-electron chi connectivity index (χ1n) is 12.3. The molecular weight excluding hydrogens is 466 g/mol. The molecule has 1 fully saturated rings. The SMILES string of the molecule is C=C(N=C(C(=N)OC(N)c1ccccc1)C(N)=NC)c1ccc(C(=O)N2CCC(N(C)C)C2)c(CC)c1. The molecule has 0 radical (unpaired) electrons. The second-order valence-corrected chi connectivity index (χ2v) is 9.18. The number of hydrogen-bond donors (Lipinski definition) is 3. The highest BCUT2D eigenvalue weighted by molar-refractivity contribution is 6.66. The maximum Gasteiger partial charge on any atom is 0.254 e. The van der Waals surface area contributed by atoms with Gasteiger partial charge in [0, 0.05) is 37.3 Å². The van der Waals surface area contributed by atoms with Crippen molar-refractivity contribution in [3.05, 3.63) is 77.4 Å². The van der Waals surface area contributed by atoms with Crippen molar-refractivity contribution in [1.29, 1.82) is 5.41 Å². The Morgan fingerprint density at radius 3 is 2.57 bits per heavy atom. The number of benzene rings is 2. The molecule has 9 nitrogen and oxygen atoms in total. The van der Waals surface area contributed by atoms with Gasteiger partial charge in [-0.25, -0.2) is 4.99 Å². The van der Waals surface area contributed by atoms with Gasteiger partial charge in [-0.1, -0.05) is 49.9 Å². The summed E-state index contributed by atoms with van der Waals surface area (Å²) in [6.45, 7) is 7.55. The molecule has 0 bridgehead atoms. The summed E-state index contributed by atoms with van der Waals surface area (Å²) in [7, 11) is 5.59. The van der Waals surface area contributed by atoms with E-state index in [1.54, 1.807) is 0 Å². The Morgan fingerprint density at radius 1 is 1.27 bits per heavy atom. The van der Waals surface area contributed by atoms with Crippen LogP contribution in [-0.4, -0.2) is 73.4 Å². The molecule has 2 aromatic carbocycles. The maximum absolute atomic E-state index is 13.3. The minimum atomic E-state index is -0.869. The van der Waals surface area contributed by atoms with Crippen LogP contribution in [0.25, 0.3) is 5.70 Å². The summed E-state index contributed by atoms with van der Waals surface area (Å²) in [5.41, 5.74) is 15.6. The maximum atomic E-state index is 13.3. The average molecular weight is 504 g/mol. The molecule has 0 saturated carbocycles. The fourth-order valence-corrected chi connectivity index (χ4v) is 4.22. The molecule has 0 aliphatic carbocycles. The second-order valence-electron chi connectivity index (χ2n) is 9.18. The van der Waals surface area contributed by atoms with Gasteiger partial charge >= 0.3 is 0 Å². The quantitative estimate of drug-likeness (QED) is 0.275. The number of nitrogens with one attached hydrogen (secondary N) is 1. The molecule has 9 heteroatoms. The van der Waals surface area contributed by atoms with Crippen molar-refractivity contribution in [2.45, 2.75) is 32.0 Å². The van der Waals surface area contributed by atoms with E-state index in [0.29, 0.717) is 34.9 Å². The van der Waals surface area contributed by atoms with Crippen molar-refractivity contribution in [3.8, 4) is 0 Å². The van der Waals surface area contributed by atoms with Gasteiger partial charge in [0.25, 0.3) is 5.91 Å². The van der Waals surface area contributed by atoms with Gasteiger partial charge in [-0.05, 0) is 50.2 Å². The molecule has 1 amide bonds. The normalized spacial score (nSPS) is 17.1. The number of likely N-dealkylation sites (N-methyl/N-ethyl adjacent to an activating group) is 1. The Labute approximate surface area is 219 Å². The summed E-state index contributed by atoms with van der Waals surface area (Å²) < 4.78 is 5.61. The van der Waals surface area contributed by atoms with Crippen LogP contribution in [0, 0.1) is 5.41 Å². The number of hydrogen-bond acceptors (Lipinski definition) is 7. The first-order chi connectivity index (χ1) is 17.7. The Bertz CT molecular complexity index is 1200. The highest BCUT2D eigenvalue weighted by Crippen LogP contribution is 2.23. The lowest BCUT2D eigenvalue weighted by Crippen LogP contribution is -2.35. The van der Waals surface area contributed by atoms with Crippen LogP contribution < -0.4 is 11.5 Å². The largest absolute Gasteiger partial charge is 0.453 e. The minimum absolute atomic E-state index is 0.0263. The van der Waals surface area contributed by atoms with Crippen LogP contribution in [0.5, 0.6) is 0 Å². The number of rotatable bonds is 9. The molecule has 2 aromatic rings. The van der Waals surface area contributed by atoms with Crippen LogP contribution in [0.1, 0.15) is 46.6 Å². The van der Waals surface area contributed by atoms with Crippen LogP contribution in [-0.2, 0) is 11.2 Å². The van der Waals surface area contributed by atoms with E-state index in [-0.39, 0.29) is 23.4 Å². The third kappa shape index (κ3) is 6.69. The molecule has 196 valence electrons. The van der Waals surface area contributed by atoms with Gasteiger partial charge in [0.2, 0.25) is 5.90 Å². The molecule has 5 N–H and O–H groups in total. The first-order valence-corrected chi connectivity index (χ1v) is 12.3. The van der Waals surface area contributed by atoms with Crippen LogP contribution in [0.15, 0.2) is 65.1 Å². The molecule has 1 aliphatic rings. The zero-order valence-electron chi connectivity index (χ0n) is 22.1. The van der Waals surface area contributed by atoms with Crippen molar-refractivity contribution in [3.63, 3.8) is 0 Å². The predicted molar refractivity (Wildman–Crippen MR) is 150 cm³/mol. The van der Waals surface area contributed by atoms with Crippen molar-refractivity contribution >= 4 is 29.0 Å². The summed E-state index contributed by atoms with van der Waals surface area (Å²) in [4.78, 5) is 25.8. The number of likely N-dealkylation sites (tertiary alicyclic amines) is 1. The third-order valence-corrected chi connectivity index (χ3v) is 6.55. The number of carbonyl (C=O) groups is 1. The molecule has 2 unspecified atom stereocenters. The standard InChI is InChI=1S/C28H37N7O2/c1-6-19-16-21(12-13-23(19)28(36)35-15-14-22(17-35)34(4)5)18(2)33-24(25(29)32-3)27(31)37-26(30)20-10-8-7-9-11-20/h7-13,16,22,26,31H,2,6,14-15,17,30H2,1,3-5H3,(H2,29,32). The summed E-state index contributed by atoms with van der Waals surface area (Å²) in [5, 5.41) is 8.44. The lowest BCUT2D eigenvalue weighted by Gasteiger charge is -2.21. The van der Waals surface area contributed by atoms with Crippen LogP contribution in [0.3, 0.4) is 0 Å². The molecular formula is C28H37N7O2. The van der Waals surface area contributed by atoms with Crippen molar-refractivity contribution in [2.75, 3.05) is 34.2 Å². The number of aryl methyl sites for hydroxylation is 1. The lowest BCUT2D eigenvalue weighted by molar-refractivity contribution is 0.0782. The highest BCUT2D eigenvalue weighted by Gasteiger charge is 2.29.